The molecular weight excluding hydrogens is 302 g/mol. The van der Waals surface area contributed by atoms with Gasteiger partial charge in [0.05, 0.1) is 18.8 Å². The lowest BCUT2D eigenvalue weighted by Crippen LogP contribution is -2.53. The molecule has 4 heteroatoms. The third-order valence-corrected chi connectivity index (χ3v) is 5.20. The Labute approximate surface area is 142 Å². The molecule has 0 bridgehead atoms. The van der Waals surface area contributed by atoms with Gasteiger partial charge in [0.25, 0.3) is 5.91 Å². The van der Waals surface area contributed by atoms with Crippen LogP contribution < -0.4 is 0 Å². The first-order chi connectivity index (χ1) is 11.8. The monoisotopic (exact) mass is 325 g/mol. The van der Waals surface area contributed by atoms with Crippen LogP contribution in [0.25, 0.3) is 10.8 Å². The molecule has 1 saturated heterocycles. The lowest BCUT2D eigenvalue weighted by Gasteiger charge is -2.39. The van der Waals surface area contributed by atoms with Crippen LogP contribution in [0.3, 0.4) is 0 Å². The third-order valence-electron chi connectivity index (χ3n) is 5.20. The summed E-state index contributed by atoms with van der Waals surface area (Å²) < 4.78 is 11.8. The normalized spacial score (nSPS) is 26.5. The van der Waals surface area contributed by atoms with Gasteiger partial charge in [0, 0.05) is 18.7 Å². The second-order valence-corrected chi connectivity index (χ2v) is 6.50. The van der Waals surface area contributed by atoms with Crippen molar-refractivity contribution in [3.05, 3.63) is 48.0 Å². The summed E-state index contributed by atoms with van der Waals surface area (Å²) in [4.78, 5) is 15.3. The number of rotatable bonds is 3. The Morgan fingerprint density at radius 3 is 2.92 bits per heavy atom. The van der Waals surface area contributed by atoms with Crippen LogP contribution in [0.2, 0.25) is 0 Å². The summed E-state index contributed by atoms with van der Waals surface area (Å²) in [5.74, 6) is 0.113. The second-order valence-electron chi connectivity index (χ2n) is 6.50. The van der Waals surface area contributed by atoms with Crippen molar-refractivity contribution in [1.29, 1.82) is 0 Å². The zero-order chi connectivity index (χ0) is 16.5. The molecule has 1 aliphatic carbocycles. The molecule has 1 saturated carbocycles. The van der Waals surface area contributed by atoms with Gasteiger partial charge in [-0.25, -0.2) is 0 Å². The van der Waals surface area contributed by atoms with Crippen molar-refractivity contribution < 1.29 is 14.3 Å². The van der Waals surface area contributed by atoms with Crippen LogP contribution in [0.5, 0.6) is 0 Å². The quantitative estimate of drug-likeness (QED) is 0.869. The Morgan fingerprint density at radius 1 is 1.21 bits per heavy atom. The van der Waals surface area contributed by atoms with E-state index in [1.807, 2.05) is 42.2 Å². The summed E-state index contributed by atoms with van der Waals surface area (Å²) in [6, 6.07) is 14.1. The minimum absolute atomic E-state index is 0.0117. The summed E-state index contributed by atoms with van der Waals surface area (Å²) in [6.45, 7) is 3.94. The van der Waals surface area contributed by atoms with E-state index < -0.39 is 0 Å². The van der Waals surface area contributed by atoms with Crippen LogP contribution in [0.4, 0.5) is 0 Å². The maximum Gasteiger partial charge on any atom is 0.254 e. The molecule has 2 aliphatic rings. The summed E-state index contributed by atoms with van der Waals surface area (Å²) in [5, 5.41) is 2.12. The van der Waals surface area contributed by atoms with E-state index in [2.05, 4.69) is 12.1 Å². The Kier molecular flexibility index (Phi) is 4.25. The van der Waals surface area contributed by atoms with Gasteiger partial charge in [-0.2, -0.15) is 0 Å². The van der Waals surface area contributed by atoms with E-state index >= 15 is 0 Å². The maximum atomic E-state index is 13.3. The standard InChI is InChI=1S/C20H23NO3/c1-2-23-18-11-10-17-19(18)24-13-12-21(17)20(22)16-9-5-7-14-6-3-4-8-15(14)16/h3-9,17-19H,2,10-13H2,1H3/t17-,18-,19-/m1/s1. The molecule has 2 aromatic carbocycles. The van der Waals surface area contributed by atoms with E-state index in [0.717, 1.165) is 29.2 Å². The average molecular weight is 325 g/mol. The number of hydrogen-bond donors (Lipinski definition) is 0. The predicted molar refractivity (Wildman–Crippen MR) is 93.2 cm³/mol. The van der Waals surface area contributed by atoms with Crippen LogP contribution in [-0.4, -0.2) is 48.8 Å². The van der Waals surface area contributed by atoms with E-state index in [4.69, 9.17) is 9.47 Å². The van der Waals surface area contributed by atoms with E-state index in [-0.39, 0.29) is 24.2 Å². The van der Waals surface area contributed by atoms with Gasteiger partial charge >= 0.3 is 0 Å². The molecule has 126 valence electrons. The number of ether oxygens (including phenoxy) is 2. The first-order valence-corrected chi connectivity index (χ1v) is 8.81. The molecule has 4 rings (SSSR count). The zero-order valence-electron chi connectivity index (χ0n) is 14.0. The van der Waals surface area contributed by atoms with E-state index in [1.54, 1.807) is 0 Å². The van der Waals surface area contributed by atoms with Crippen LogP contribution in [0, 0.1) is 0 Å². The fraction of sp³-hybridized carbons (Fsp3) is 0.450. The molecule has 24 heavy (non-hydrogen) atoms. The van der Waals surface area contributed by atoms with E-state index in [0.29, 0.717) is 19.8 Å². The number of carbonyl (C=O) groups excluding carboxylic acids is 1. The molecule has 1 amide bonds. The molecule has 2 aromatic rings. The molecule has 0 N–H and O–H groups in total. The largest absolute Gasteiger partial charge is 0.376 e. The Balaban J connectivity index is 1.64. The van der Waals surface area contributed by atoms with Gasteiger partial charge in [0.15, 0.2) is 0 Å². The number of benzene rings is 2. The molecule has 1 aliphatic heterocycles. The third kappa shape index (κ3) is 2.60. The average Bonchev–Trinajstić information content (AvgIpc) is 3.04. The van der Waals surface area contributed by atoms with Crippen LogP contribution in [0.1, 0.15) is 30.1 Å². The van der Waals surface area contributed by atoms with Crippen LogP contribution in [0.15, 0.2) is 42.5 Å². The van der Waals surface area contributed by atoms with Crippen molar-refractivity contribution in [2.24, 2.45) is 0 Å². The zero-order valence-corrected chi connectivity index (χ0v) is 14.0. The Morgan fingerprint density at radius 2 is 2.04 bits per heavy atom. The maximum absolute atomic E-state index is 13.3. The number of carbonyl (C=O) groups is 1. The second kappa shape index (κ2) is 6.54. The number of fused-ring (bicyclic) bond motifs is 2. The van der Waals surface area contributed by atoms with Crippen molar-refractivity contribution in [3.63, 3.8) is 0 Å². The molecule has 2 fully saturated rings. The van der Waals surface area contributed by atoms with Gasteiger partial charge < -0.3 is 14.4 Å². The van der Waals surface area contributed by atoms with Crippen LogP contribution in [-0.2, 0) is 9.47 Å². The van der Waals surface area contributed by atoms with E-state index in [9.17, 15) is 4.79 Å². The number of morpholine rings is 1. The summed E-state index contributed by atoms with van der Waals surface area (Å²) >= 11 is 0. The number of amides is 1. The van der Waals surface area contributed by atoms with Gasteiger partial charge in [-0.05, 0) is 36.6 Å². The molecule has 4 nitrogen and oxygen atoms in total. The highest BCUT2D eigenvalue weighted by Gasteiger charge is 2.45. The highest BCUT2D eigenvalue weighted by atomic mass is 16.5. The SMILES string of the molecule is CCO[C@@H]1CC[C@@H]2[C@H]1OCCN2C(=O)c1cccc2ccccc12. The first-order valence-electron chi connectivity index (χ1n) is 8.81. The fourth-order valence-electron chi connectivity index (χ4n) is 4.13. The van der Waals surface area contributed by atoms with Gasteiger partial charge in [0.1, 0.15) is 6.10 Å². The summed E-state index contributed by atoms with van der Waals surface area (Å²) in [5.41, 5.74) is 0.786. The molecule has 0 radical (unpaired) electrons. The van der Waals surface area contributed by atoms with Gasteiger partial charge in [-0.15, -0.1) is 0 Å². The van der Waals surface area contributed by atoms with Gasteiger partial charge in [-0.3, -0.25) is 4.79 Å². The highest BCUT2D eigenvalue weighted by molar-refractivity contribution is 6.07. The highest BCUT2D eigenvalue weighted by Crippen LogP contribution is 2.33. The molecule has 0 spiro atoms. The minimum atomic E-state index is 0.0117. The number of nitrogens with zero attached hydrogens (tertiary/aromatic N) is 1. The summed E-state index contributed by atoms with van der Waals surface area (Å²) in [6.07, 6.45) is 2.04. The van der Waals surface area contributed by atoms with Crippen LogP contribution >= 0.6 is 0 Å². The topological polar surface area (TPSA) is 38.8 Å². The molecule has 3 atom stereocenters. The predicted octanol–water partition coefficient (Wildman–Crippen LogP) is 3.25. The minimum Gasteiger partial charge on any atom is -0.376 e. The van der Waals surface area contributed by atoms with Crippen molar-refractivity contribution in [3.8, 4) is 0 Å². The smallest absolute Gasteiger partial charge is 0.254 e. The molecule has 0 aromatic heterocycles. The molecular formula is C20H23NO3. The van der Waals surface area contributed by atoms with E-state index in [1.165, 1.54) is 0 Å². The lowest BCUT2D eigenvalue weighted by atomic mass is 10.0. The van der Waals surface area contributed by atoms with Gasteiger partial charge in [-0.1, -0.05) is 36.4 Å². The first kappa shape index (κ1) is 15.6. The Bertz CT molecular complexity index is 739. The van der Waals surface area contributed by atoms with Gasteiger partial charge in [0.2, 0.25) is 0 Å². The summed E-state index contributed by atoms with van der Waals surface area (Å²) in [7, 11) is 0. The van der Waals surface area contributed by atoms with Crippen molar-refractivity contribution in [2.45, 2.75) is 38.0 Å². The van der Waals surface area contributed by atoms with Crippen molar-refractivity contribution in [2.75, 3.05) is 19.8 Å². The molecule has 0 unspecified atom stereocenters. The lowest BCUT2D eigenvalue weighted by molar-refractivity contribution is -0.102. The van der Waals surface area contributed by atoms with Crippen molar-refractivity contribution in [1.82, 2.24) is 4.90 Å². The fourth-order valence-corrected chi connectivity index (χ4v) is 4.13. The molecule has 1 heterocycles. The Hall–Kier alpha value is -1.91. The van der Waals surface area contributed by atoms with Crippen molar-refractivity contribution >= 4 is 16.7 Å². The number of hydrogen-bond acceptors (Lipinski definition) is 3.